The SMILES string of the molecule is CCCCCC(=O)N[C@@](Cc1ccccc1-c1ccccc1)(C(=O)NC(C(=O)O)C(C)C)C(CO)CNC(=O)[C@H](C)N(C(=O)OCc1ccccc1)C(=O)[C@H](C)N. The summed E-state index contributed by atoms with van der Waals surface area (Å²) in [5.41, 5.74) is 6.60. The second-order valence-corrected chi connectivity index (χ2v) is 14.5. The summed E-state index contributed by atoms with van der Waals surface area (Å²) in [7, 11) is 0. The molecule has 0 spiro atoms. The van der Waals surface area contributed by atoms with E-state index in [1.54, 1.807) is 56.3 Å². The summed E-state index contributed by atoms with van der Waals surface area (Å²) in [6.07, 6.45) is 0.777. The van der Waals surface area contributed by atoms with Crippen LogP contribution < -0.4 is 21.7 Å². The summed E-state index contributed by atoms with van der Waals surface area (Å²) >= 11 is 0. The molecule has 57 heavy (non-hydrogen) atoms. The number of rotatable bonds is 21. The molecule has 5 atom stereocenters. The molecule has 0 bridgehead atoms. The van der Waals surface area contributed by atoms with Gasteiger partial charge in [-0.15, -0.1) is 0 Å². The van der Waals surface area contributed by atoms with E-state index in [1.807, 2.05) is 49.4 Å². The number of carboxylic acid groups (broad SMARTS) is 1. The lowest BCUT2D eigenvalue weighted by Gasteiger charge is -2.41. The Labute approximate surface area is 334 Å². The number of hydrogen-bond acceptors (Lipinski definition) is 9. The number of imide groups is 1. The van der Waals surface area contributed by atoms with Crippen LogP contribution in [0.4, 0.5) is 4.79 Å². The minimum Gasteiger partial charge on any atom is -0.480 e. The molecule has 0 radical (unpaired) electrons. The van der Waals surface area contributed by atoms with E-state index in [-0.39, 0.29) is 19.4 Å². The van der Waals surface area contributed by atoms with Gasteiger partial charge in [-0.3, -0.25) is 19.2 Å². The third-order valence-corrected chi connectivity index (χ3v) is 9.80. The molecule has 0 aliphatic rings. The number of carboxylic acids is 1. The van der Waals surface area contributed by atoms with Crippen molar-refractivity contribution in [3.8, 4) is 11.1 Å². The molecule has 5 amide bonds. The van der Waals surface area contributed by atoms with E-state index < -0.39 is 84.3 Å². The Morgan fingerprint density at radius 2 is 1.47 bits per heavy atom. The molecule has 0 aliphatic carbocycles. The lowest BCUT2D eigenvalue weighted by atomic mass is 9.76. The van der Waals surface area contributed by atoms with Crippen LogP contribution in [0, 0.1) is 11.8 Å². The Bertz CT molecular complexity index is 1800. The molecule has 0 saturated carbocycles. The average Bonchev–Trinajstić information content (AvgIpc) is 3.19. The summed E-state index contributed by atoms with van der Waals surface area (Å²) < 4.78 is 5.38. The van der Waals surface area contributed by atoms with Gasteiger partial charge in [-0.1, -0.05) is 119 Å². The van der Waals surface area contributed by atoms with Gasteiger partial charge < -0.3 is 36.6 Å². The fourth-order valence-corrected chi connectivity index (χ4v) is 6.45. The van der Waals surface area contributed by atoms with Crippen LogP contribution in [0.1, 0.15) is 71.4 Å². The summed E-state index contributed by atoms with van der Waals surface area (Å²) in [4.78, 5) is 82.0. The normalized spacial score (nSPS) is 14.2. The van der Waals surface area contributed by atoms with Gasteiger partial charge in [-0.05, 0) is 48.4 Å². The third kappa shape index (κ3) is 12.7. The Morgan fingerprint density at radius 3 is 2.05 bits per heavy atom. The third-order valence-electron chi connectivity index (χ3n) is 9.80. The van der Waals surface area contributed by atoms with Crippen molar-refractivity contribution in [1.29, 1.82) is 0 Å². The standard InChI is InChI=1S/C43H57N5O9/c1-6-7-10-23-36(50)47-43(41(55)46-37(28(2)3)40(53)54,24-33-21-15-16-22-35(33)32-19-13-9-14-20-32)34(26-49)25-45-38(51)30(5)48(39(52)29(4)44)42(56)57-27-31-17-11-8-12-18-31/h8-9,11-22,28-30,34,37,49H,6-7,10,23-27,44H2,1-5H3,(H,45,51)(H,46,55)(H,47,50)(H,53,54)/t29-,30-,34?,37?,43+/m0/s1. The molecule has 3 rings (SSSR count). The van der Waals surface area contributed by atoms with Crippen molar-refractivity contribution < 1.29 is 43.7 Å². The van der Waals surface area contributed by atoms with Gasteiger partial charge in [0, 0.05) is 25.3 Å². The smallest absolute Gasteiger partial charge is 0.417 e. The molecule has 0 aliphatic heterocycles. The van der Waals surface area contributed by atoms with Crippen molar-refractivity contribution in [2.75, 3.05) is 13.2 Å². The van der Waals surface area contributed by atoms with Crippen LogP contribution in [-0.2, 0) is 41.7 Å². The van der Waals surface area contributed by atoms with E-state index >= 15 is 0 Å². The van der Waals surface area contributed by atoms with Crippen molar-refractivity contribution in [3.63, 3.8) is 0 Å². The van der Waals surface area contributed by atoms with Gasteiger partial charge >= 0.3 is 12.1 Å². The minimum atomic E-state index is -2.03. The maximum atomic E-state index is 14.8. The maximum Gasteiger partial charge on any atom is 0.417 e. The van der Waals surface area contributed by atoms with Gasteiger partial charge in [0.15, 0.2) is 0 Å². The zero-order valence-corrected chi connectivity index (χ0v) is 33.4. The summed E-state index contributed by atoms with van der Waals surface area (Å²) in [6.45, 7) is 6.50. The Kier molecular flexibility index (Phi) is 17.8. The second kappa shape index (κ2) is 22.2. The molecule has 0 aromatic heterocycles. The van der Waals surface area contributed by atoms with Crippen LogP contribution in [0.25, 0.3) is 11.1 Å². The zero-order valence-electron chi connectivity index (χ0n) is 33.4. The molecule has 0 fully saturated rings. The number of nitrogens with zero attached hydrogens (tertiary/aromatic N) is 1. The van der Waals surface area contributed by atoms with Gasteiger partial charge in [0.25, 0.3) is 0 Å². The zero-order chi connectivity index (χ0) is 42.1. The van der Waals surface area contributed by atoms with Gasteiger partial charge in [0.05, 0.1) is 12.6 Å². The molecule has 0 saturated heterocycles. The second-order valence-electron chi connectivity index (χ2n) is 14.5. The Balaban J connectivity index is 2.09. The van der Waals surface area contributed by atoms with E-state index in [0.29, 0.717) is 22.4 Å². The largest absolute Gasteiger partial charge is 0.480 e. The molecule has 14 nitrogen and oxygen atoms in total. The highest BCUT2D eigenvalue weighted by Crippen LogP contribution is 2.31. The first-order valence-corrected chi connectivity index (χ1v) is 19.3. The molecule has 0 heterocycles. The molecule has 3 aromatic carbocycles. The highest BCUT2D eigenvalue weighted by Gasteiger charge is 2.49. The van der Waals surface area contributed by atoms with Crippen molar-refractivity contribution in [3.05, 3.63) is 96.1 Å². The Morgan fingerprint density at radius 1 is 0.860 bits per heavy atom. The van der Waals surface area contributed by atoms with Crippen LogP contribution in [-0.4, -0.2) is 87.6 Å². The van der Waals surface area contributed by atoms with Crippen LogP contribution in [0.5, 0.6) is 0 Å². The van der Waals surface area contributed by atoms with Crippen molar-refractivity contribution >= 4 is 35.7 Å². The minimum absolute atomic E-state index is 0.0384. The van der Waals surface area contributed by atoms with E-state index in [4.69, 9.17) is 10.5 Å². The number of hydrogen-bond donors (Lipinski definition) is 6. The number of nitrogens with two attached hydrogens (primary N) is 1. The highest BCUT2D eigenvalue weighted by atomic mass is 16.6. The molecule has 3 aromatic rings. The van der Waals surface area contributed by atoms with E-state index in [1.165, 1.54) is 13.8 Å². The number of aliphatic carboxylic acids is 1. The fourth-order valence-electron chi connectivity index (χ4n) is 6.45. The molecular weight excluding hydrogens is 730 g/mol. The number of aliphatic hydroxyl groups is 1. The van der Waals surface area contributed by atoms with E-state index in [0.717, 1.165) is 24.0 Å². The number of amides is 5. The summed E-state index contributed by atoms with van der Waals surface area (Å²) in [5, 5.41) is 29.4. The van der Waals surface area contributed by atoms with Gasteiger partial charge in [0.2, 0.25) is 23.6 Å². The number of nitrogens with one attached hydrogen (secondary N) is 3. The van der Waals surface area contributed by atoms with Crippen LogP contribution in [0.15, 0.2) is 84.9 Å². The maximum absolute atomic E-state index is 14.8. The fraction of sp³-hybridized carbons (Fsp3) is 0.442. The average molecular weight is 788 g/mol. The van der Waals surface area contributed by atoms with Crippen molar-refractivity contribution in [2.24, 2.45) is 17.6 Å². The lowest BCUT2D eigenvalue weighted by Crippen LogP contribution is -2.69. The molecule has 7 N–H and O–H groups in total. The van der Waals surface area contributed by atoms with Gasteiger partial charge in [0.1, 0.15) is 24.2 Å². The number of aliphatic hydroxyl groups excluding tert-OH is 1. The van der Waals surface area contributed by atoms with Crippen LogP contribution in [0.3, 0.4) is 0 Å². The van der Waals surface area contributed by atoms with E-state index in [2.05, 4.69) is 16.0 Å². The van der Waals surface area contributed by atoms with Crippen LogP contribution >= 0.6 is 0 Å². The molecule has 308 valence electrons. The lowest BCUT2D eigenvalue weighted by molar-refractivity contribution is -0.146. The first-order valence-electron chi connectivity index (χ1n) is 19.3. The van der Waals surface area contributed by atoms with Crippen molar-refractivity contribution in [1.82, 2.24) is 20.9 Å². The highest BCUT2D eigenvalue weighted by molar-refractivity contribution is 6.00. The van der Waals surface area contributed by atoms with Gasteiger partial charge in [-0.2, -0.15) is 0 Å². The summed E-state index contributed by atoms with van der Waals surface area (Å²) in [5.74, 6) is -6.26. The first-order chi connectivity index (χ1) is 27.2. The quantitative estimate of drug-likeness (QED) is 0.0847. The molecule has 2 unspecified atom stereocenters. The summed E-state index contributed by atoms with van der Waals surface area (Å²) in [6, 6.07) is 21.3. The predicted octanol–water partition coefficient (Wildman–Crippen LogP) is 4.18. The van der Waals surface area contributed by atoms with Gasteiger partial charge in [-0.25, -0.2) is 14.5 Å². The van der Waals surface area contributed by atoms with E-state index in [9.17, 15) is 39.0 Å². The molecular formula is C43H57N5O9. The topological polar surface area (TPSA) is 217 Å². The number of benzene rings is 3. The molecule has 14 heteroatoms. The number of carbonyl (C=O) groups excluding carboxylic acids is 5. The number of ether oxygens (including phenoxy) is 1. The van der Waals surface area contributed by atoms with Crippen LogP contribution in [0.2, 0.25) is 0 Å². The predicted molar refractivity (Wildman–Crippen MR) is 215 cm³/mol. The van der Waals surface area contributed by atoms with Crippen molar-refractivity contribution in [2.45, 2.75) is 97.0 Å². The Hall–Kier alpha value is -5.60. The number of carbonyl (C=O) groups is 6. The monoisotopic (exact) mass is 787 g/mol. The number of unbranched alkanes of at least 4 members (excludes halogenated alkanes) is 2. The first kappa shape index (κ1) is 45.8.